The van der Waals surface area contributed by atoms with Gasteiger partial charge in [-0.2, -0.15) is 0 Å². The van der Waals surface area contributed by atoms with E-state index < -0.39 is 6.04 Å². The van der Waals surface area contributed by atoms with E-state index in [1.807, 2.05) is 20.8 Å². The lowest BCUT2D eigenvalue weighted by Crippen LogP contribution is -2.43. The van der Waals surface area contributed by atoms with Crippen LogP contribution < -0.4 is 5.73 Å². The van der Waals surface area contributed by atoms with Gasteiger partial charge in [0.15, 0.2) is 4.60 Å². The highest BCUT2D eigenvalue weighted by atomic mass is 79.9. The number of carbonyl (C=O) groups is 1. The van der Waals surface area contributed by atoms with Gasteiger partial charge in [0.25, 0.3) is 0 Å². The monoisotopic (exact) mass is 274 g/mol. The summed E-state index contributed by atoms with van der Waals surface area (Å²) < 4.78 is 1.87. The average Bonchev–Trinajstić information content (AvgIpc) is 2.42. The Bertz CT molecular complexity index is 360. The van der Waals surface area contributed by atoms with Gasteiger partial charge in [-0.15, -0.1) is 5.10 Å². The Morgan fingerprint density at radius 1 is 1.53 bits per heavy atom. The Labute approximate surface area is 97.2 Å². The Balaban J connectivity index is 3.06. The third-order valence-corrected chi connectivity index (χ3v) is 2.77. The summed E-state index contributed by atoms with van der Waals surface area (Å²) in [5.74, 6) is -0.151. The van der Waals surface area contributed by atoms with E-state index in [-0.39, 0.29) is 11.2 Å². The number of hydrogen-bond acceptors (Lipinski definition) is 4. The summed E-state index contributed by atoms with van der Waals surface area (Å²) >= 11 is 3.18. The molecule has 15 heavy (non-hydrogen) atoms. The summed E-state index contributed by atoms with van der Waals surface area (Å²) in [6.07, 6.45) is 0. The molecule has 0 aromatic carbocycles. The molecule has 0 radical (unpaired) electrons. The van der Waals surface area contributed by atoms with Crippen LogP contribution in [0.2, 0.25) is 0 Å². The zero-order valence-electron chi connectivity index (χ0n) is 9.28. The Hall–Kier alpha value is -0.750. The van der Waals surface area contributed by atoms with E-state index >= 15 is 0 Å². The Kier molecular flexibility index (Phi) is 3.30. The summed E-state index contributed by atoms with van der Waals surface area (Å²) in [5, 5.41) is 7.50. The number of hydrogen-bond donors (Lipinski definition) is 1. The molecule has 0 amide bonds. The van der Waals surface area contributed by atoms with Crippen LogP contribution in [0, 0.1) is 5.41 Å². The van der Waals surface area contributed by atoms with Gasteiger partial charge in [-0.3, -0.25) is 4.79 Å². The standard InChI is InChI=1S/C9H15BrN4O/c1-9(2,3)7(11)6(15)5-8(10)12-13-14(5)4/h7H,11H2,1-4H3. The highest BCUT2D eigenvalue weighted by molar-refractivity contribution is 9.10. The van der Waals surface area contributed by atoms with Gasteiger partial charge in [0, 0.05) is 7.05 Å². The van der Waals surface area contributed by atoms with E-state index in [2.05, 4.69) is 26.2 Å². The molecule has 0 aliphatic rings. The van der Waals surface area contributed by atoms with Crippen LogP contribution in [0.5, 0.6) is 0 Å². The Morgan fingerprint density at radius 2 is 2.07 bits per heavy atom. The molecule has 1 aromatic rings. The van der Waals surface area contributed by atoms with Crippen molar-refractivity contribution in [2.24, 2.45) is 18.2 Å². The van der Waals surface area contributed by atoms with Gasteiger partial charge >= 0.3 is 0 Å². The van der Waals surface area contributed by atoms with Gasteiger partial charge in [0.05, 0.1) is 6.04 Å². The molecule has 0 fully saturated rings. The first-order valence-corrected chi connectivity index (χ1v) is 5.39. The van der Waals surface area contributed by atoms with Gasteiger partial charge in [0.2, 0.25) is 5.78 Å². The van der Waals surface area contributed by atoms with Crippen molar-refractivity contribution in [3.8, 4) is 0 Å². The number of halogens is 1. The number of ketones is 1. The van der Waals surface area contributed by atoms with E-state index in [4.69, 9.17) is 5.73 Å². The molecule has 0 bridgehead atoms. The molecule has 5 nitrogen and oxygen atoms in total. The van der Waals surface area contributed by atoms with Crippen LogP contribution in [-0.2, 0) is 7.05 Å². The van der Waals surface area contributed by atoms with E-state index in [1.165, 1.54) is 4.68 Å². The molecule has 0 spiro atoms. The number of nitrogens with two attached hydrogens (primary N) is 1. The molecule has 0 saturated carbocycles. The van der Waals surface area contributed by atoms with Crippen LogP contribution in [0.3, 0.4) is 0 Å². The van der Waals surface area contributed by atoms with Gasteiger partial charge < -0.3 is 5.73 Å². The zero-order valence-corrected chi connectivity index (χ0v) is 10.9. The normalized spacial score (nSPS) is 14.0. The number of nitrogens with zero attached hydrogens (tertiary/aromatic N) is 3. The van der Waals surface area contributed by atoms with Crippen molar-refractivity contribution in [2.75, 3.05) is 0 Å². The Morgan fingerprint density at radius 3 is 2.40 bits per heavy atom. The molecule has 0 aliphatic carbocycles. The lowest BCUT2D eigenvalue weighted by atomic mass is 9.84. The number of aromatic nitrogens is 3. The predicted molar refractivity (Wildman–Crippen MR) is 60.5 cm³/mol. The van der Waals surface area contributed by atoms with Crippen LogP contribution in [-0.4, -0.2) is 26.8 Å². The van der Waals surface area contributed by atoms with E-state index in [9.17, 15) is 4.79 Å². The summed E-state index contributed by atoms with van der Waals surface area (Å²) in [6.45, 7) is 5.77. The molecule has 1 unspecified atom stereocenters. The van der Waals surface area contributed by atoms with Crippen molar-refractivity contribution >= 4 is 21.7 Å². The van der Waals surface area contributed by atoms with E-state index in [0.717, 1.165) is 0 Å². The minimum Gasteiger partial charge on any atom is -0.321 e. The molecule has 84 valence electrons. The van der Waals surface area contributed by atoms with Gasteiger partial charge in [-0.05, 0) is 21.3 Å². The molecule has 6 heteroatoms. The molecular formula is C9H15BrN4O. The van der Waals surface area contributed by atoms with Gasteiger partial charge in [-0.25, -0.2) is 4.68 Å². The maximum Gasteiger partial charge on any atom is 0.200 e. The van der Waals surface area contributed by atoms with Crippen LogP contribution in [0.25, 0.3) is 0 Å². The fraction of sp³-hybridized carbons (Fsp3) is 0.667. The molecule has 2 N–H and O–H groups in total. The van der Waals surface area contributed by atoms with E-state index in [0.29, 0.717) is 10.3 Å². The first kappa shape index (κ1) is 12.3. The molecule has 0 aliphatic heterocycles. The second kappa shape index (κ2) is 4.02. The molecule has 1 heterocycles. The van der Waals surface area contributed by atoms with Crippen molar-refractivity contribution < 1.29 is 4.79 Å². The molecule has 1 atom stereocenters. The van der Waals surface area contributed by atoms with E-state index in [1.54, 1.807) is 7.05 Å². The fourth-order valence-electron chi connectivity index (χ4n) is 1.13. The highest BCUT2D eigenvalue weighted by Gasteiger charge is 2.31. The third-order valence-electron chi connectivity index (χ3n) is 2.23. The average molecular weight is 275 g/mol. The van der Waals surface area contributed by atoms with Crippen LogP contribution in [0.1, 0.15) is 31.3 Å². The lowest BCUT2D eigenvalue weighted by Gasteiger charge is -2.25. The van der Waals surface area contributed by atoms with Crippen LogP contribution in [0.15, 0.2) is 4.60 Å². The maximum atomic E-state index is 12.0. The summed E-state index contributed by atoms with van der Waals surface area (Å²) in [7, 11) is 1.67. The van der Waals surface area contributed by atoms with Crippen molar-refractivity contribution in [3.05, 3.63) is 10.3 Å². The van der Waals surface area contributed by atoms with Gasteiger partial charge in [0.1, 0.15) is 5.69 Å². The summed E-state index contributed by atoms with van der Waals surface area (Å²) in [6, 6.07) is -0.564. The zero-order chi connectivity index (χ0) is 11.8. The summed E-state index contributed by atoms with van der Waals surface area (Å²) in [4.78, 5) is 12.0. The molecule has 1 aromatic heterocycles. The number of Topliss-reactive ketones (excluding diaryl/α,β-unsaturated/α-hetero) is 1. The SMILES string of the molecule is Cn1nnc(Br)c1C(=O)C(N)C(C)(C)C. The third kappa shape index (κ3) is 2.43. The van der Waals surface area contributed by atoms with Crippen LogP contribution in [0.4, 0.5) is 0 Å². The number of carbonyl (C=O) groups excluding carboxylic acids is 1. The van der Waals surface area contributed by atoms with Crippen molar-refractivity contribution in [1.82, 2.24) is 15.0 Å². The number of aryl methyl sites for hydroxylation is 1. The van der Waals surface area contributed by atoms with Gasteiger partial charge in [-0.1, -0.05) is 26.0 Å². The van der Waals surface area contributed by atoms with Crippen molar-refractivity contribution in [3.63, 3.8) is 0 Å². The fourth-order valence-corrected chi connectivity index (χ4v) is 1.66. The largest absolute Gasteiger partial charge is 0.321 e. The maximum absolute atomic E-state index is 12.0. The second-order valence-corrected chi connectivity index (χ2v) is 5.31. The first-order valence-electron chi connectivity index (χ1n) is 4.60. The minimum atomic E-state index is -0.564. The van der Waals surface area contributed by atoms with Crippen LogP contribution >= 0.6 is 15.9 Å². The predicted octanol–water partition coefficient (Wildman–Crippen LogP) is 1.13. The molecule has 1 rings (SSSR count). The topological polar surface area (TPSA) is 73.8 Å². The number of rotatable bonds is 2. The molecular weight excluding hydrogens is 260 g/mol. The van der Waals surface area contributed by atoms with Crippen molar-refractivity contribution in [1.29, 1.82) is 0 Å². The smallest absolute Gasteiger partial charge is 0.200 e. The van der Waals surface area contributed by atoms with Crippen molar-refractivity contribution in [2.45, 2.75) is 26.8 Å². The molecule has 0 saturated heterocycles. The first-order chi connectivity index (χ1) is 6.75. The lowest BCUT2D eigenvalue weighted by molar-refractivity contribution is 0.0891. The quantitative estimate of drug-likeness (QED) is 0.821. The second-order valence-electron chi connectivity index (χ2n) is 4.56. The minimum absolute atomic E-state index is 0.151. The highest BCUT2D eigenvalue weighted by Crippen LogP contribution is 2.23. The summed E-state index contributed by atoms with van der Waals surface area (Å²) in [5.41, 5.74) is 6.02.